The quantitative estimate of drug-likeness (QED) is 0.603. The summed E-state index contributed by atoms with van der Waals surface area (Å²) in [5.41, 5.74) is 0. The van der Waals surface area contributed by atoms with E-state index in [-0.39, 0.29) is 0 Å². The van der Waals surface area contributed by atoms with Gasteiger partial charge in [-0.2, -0.15) is 0 Å². The molecule has 0 aromatic heterocycles. The molecule has 4 bridgehead atoms. The van der Waals surface area contributed by atoms with Crippen molar-refractivity contribution in [2.75, 3.05) is 7.11 Å². The molecule has 0 heterocycles. The van der Waals surface area contributed by atoms with E-state index in [4.69, 9.17) is 4.74 Å². The van der Waals surface area contributed by atoms with E-state index < -0.39 is 0 Å². The highest BCUT2D eigenvalue weighted by atomic mass is 16.5. The number of fused-ring (bicyclic) bond motifs is 6. The van der Waals surface area contributed by atoms with Gasteiger partial charge < -0.3 is 4.74 Å². The van der Waals surface area contributed by atoms with Crippen molar-refractivity contribution in [3.8, 4) is 0 Å². The second-order valence-electron chi connectivity index (χ2n) is 5.29. The molecule has 1 heteroatoms. The van der Waals surface area contributed by atoms with Crippen LogP contribution in [-0.2, 0) is 4.74 Å². The Morgan fingerprint density at radius 2 is 1.54 bits per heavy atom. The van der Waals surface area contributed by atoms with Gasteiger partial charge in [0.2, 0.25) is 0 Å². The van der Waals surface area contributed by atoms with Crippen LogP contribution in [-0.4, -0.2) is 13.2 Å². The minimum absolute atomic E-state index is 0.639. The predicted molar refractivity (Wildman–Crippen MR) is 52.5 cm³/mol. The van der Waals surface area contributed by atoms with Crippen LogP contribution in [0, 0.1) is 23.7 Å². The summed E-state index contributed by atoms with van der Waals surface area (Å²) >= 11 is 0. The van der Waals surface area contributed by atoms with E-state index in [2.05, 4.69) is 0 Å². The largest absolute Gasteiger partial charge is 0.381 e. The lowest BCUT2D eigenvalue weighted by Gasteiger charge is -2.46. The van der Waals surface area contributed by atoms with Crippen LogP contribution in [0.5, 0.6) is 0 Å². The van der Waals surface area contributed by atoms with Gasteiger partial charge in [-0.15, -0.1) is 0 Å². The van der Waals surface area contributed by atoms with Crippen molar-refractivity contribution in [1.29, 1.82) is 0 Å². The molecule has 4 atom stereocenters. The molecule has 3 fully saturated rings. The van der Waals surface area contributed by atoms with E-state index >= 15 is 0 Å². The number of hydrogen-bond donors (Lipinski definition) is 0. The molecule has 74 valence electrons. The third-order valence-corrected chi connectivity index (χ3v) is 4.92. The molecule has 3 aliphatic rings. The van der Waals surface area contributed by atoms with Crippen LogP contribution in [0.25, 0.3) is 0 Å². The Hall–Kier alpha value is -0.0400. The molecule has 0 saturated heterocycles. The maximum absolute atomic E-state index is 5.74. The summed E-state index contributed by atoms with van der Waals surface area (Å²) in [7, 11) is 1.93. The normalized spacial score (nSPS) is 53.8. The second-order valence-corrected chi connectivity index (χ2v) is 5.29. The van der Waals surface area contributed by atoms with Crippen molar-refractivity contribution in [2.24, 2.45) is 23.7 Å². The molecule has 0 N–H and O–H groups in total. The zero-order chi connectivity index (χ0) is 8.84. The van der Waals surface area contributed by atoms with Crippen molar-refractivity contribution in [2.45, 2.75) is 44.6 Å². The molecular formula is C12H20O. The lowest BCUT2D eigenvalue weighted by atomic mass is 9.64. The summed E-state index contributed by atoms with van der Waals surface area (Å²) < 4.78 is 5.74. The standard InChI is InChI=1S/C12H20O/c1-13-12-10-3-2-4-11(12)9-6-5-8(10)7-9/h8-12H,2-7H2,1H3. The molecule has 13 heavy (non-hydrogen) atoms. The Kier molecular flexibility index (Phi) is 1.90. The maximum Gasteiger partial charge on any atom is 0.0632 e. The average Bonchev–Trinajstić information content (AvgIpc) is 2.61. The fourth-order valence-corrected chi connectivity index (χ4v) is 4.42. The molecule has 3 rings (SSSR count). The summed E-state index contributed by atoms with van der Waals surface area (Å²) in [6.07, 6.45) is 9.56. The molecule has 0 aromatic carbocycles. The molecule has 0 aliphatic heterocycles. The van der Waals surface area contributed by atoms with Gasteiger partial charge in [-0.25, -0.2) is 0 Å². The SMILES string of the molecule is COC1C2CCCC1C1CCC2C1. The summed E-state index contributed by atoms with van der Waals surface area (Å²) in [6.45, 7) is 0. The third kappa shape index (κ3) is 1.09. The molecule has 0 aromatic rings. The molecular weight excluding hydrogens is 160 g/mol. The zero-order valence-electron chi connectivity index (χ0n) is 8.54. The van der Waals surface area contributed by atoms with Crippen molar-refractivity contribution < 1.29 is 4.74 Å². The van der Waals surface area contributed by atoms with Crippen LogP contribution in [0.4, 0.5) is 0 Å². The molecule has 1 nitrogen and oxygen atoms in total. The first-order valence-electron chi connectivity index (χ1n) is 5.93. The van der Waals surface area contributed by atoms with Crippen molar-refractivity contribution in [1.82, 2.24) is 0 Å². The number of hydrogen-bond acceptors (Lipinski definition) is 1. The number of ether oxygens (including phenoxy) is 1. The Morgan fingerprint density at radius 1 is 0.923 bits per heavy atom. The first-order valence-corrected chi connectivity index (χ1v) is 5.93. The molecule has 3 saturated carbocycles. The van der Waals surface area contributed by atoms with Crippen LogP contribution in [0.15, 0.2) is 0 Å². The average molecular weight is 180 g/mol. The van der Waals surface area contributed by atoms with Gasteiger partial charge in [-0.3, -0.25) is 0 Å². The molecule has 0 spiro atoms. The van der Waals surface area contributed by atoms with E-state index in [1.807, 2.05) is 7.11 Å². The number of methoxy groups -OCH3 is 1. The summed E-state index contributed by atoms with van der Waals surface area (Å²) in [4.78, 5) is 0. The molecule has 0 amide bonds. The zero-order valence-corrected chi connectivity index (χ0v) is 8.54. The first-order chi connectivity index (χ1) is 6.40. The predicted octanol–water partition coefficient (Wildman–Crippen LogP) is 2.85. The fourth-order valence-electron chi connectivity index (χ4n) is 4.42. The molecule has 4 unspecified atom stereocenters. The lowest BCUT2D eigenvalue weighted by molar-refractivity contribution is -0.0767. The van der Waals surface area contributed by atoms with Crippen LogP contribution in [0.3, 0.4) is 0 Å². The number of rotatable bonds is 1. The van der Waals surface area contributed by atoms with E-state index in [0.29, 0.717) is 6.10 Å². The smallest absolute Gasteiger partial charge is 0.0632 e. The van der Waals surface area contributed by atoms with E-state index in [0.717, 1.165) is 23.7 Å². The Morgan fingerprint density at radius 3 is 2.08 bits per heavy atom. The van der Waals surface area contributed by atoms with Gasteiger partial charge in [0, 0.05) is 7.11 Å². The highest BCUT2D eigenvalue weighted by molar-refractivity contribution is 4.99. The monoisotopic (exact) mass is 180 g/mol. The van der Waals surface area contributed by atoms with Crippen molar-refractivity contribution in [3.05, 3.63) is 0 Å². The van der Waals surface area contributed by atoms with Crippen LogP contribution >= 0.6 is 0 Å². The van der Waals surface area contributed by atoms with E-state index in [9.17, 15) is 0 Å². The van der Waals surface area contributed by atoms with Crippen LogP contribution < -0.4 is 0 Å². The summed E-state index contributed by atoms with van der Waals surface area (Å²) in [5.74, 6) is 3.93. The van der Waals surface area contributed by atoms with E-state index in [1.54, 1.807) is 0 Å². The van der Waals surface area contributed by atoms with E-state index in [1.165, 1.54) is 38.5 Å². The summed E-state index contributed by atoms with van der Waals surface area (Å²) in [5, 5.41) is 0. The highest BCUT2D eigenvalue weighted by Gasteiger charge is 2.49. The second kappa shape index (κ2) is 2.98. The van der Waals surface area contributed by atoms with Gasteiger partial charge in [-0.05, 0) is 55.8 Å². The van der Waals surface area contributed by atoms with Gasteiger partial charge in [0.05, 0.1) is 6.10 Å². The minimum atomic E-state index is 0.639. The summed E-state index contributed by atoms with van der Waals surface area (Å²) in [6, 6.07) is 0. The maximum atomic E-state index is 5.74. The van der Waals surface area contributed by atoms with Crippen molar-refractivity contribution >= 4 is 0 Å². The Labute approximate surface area is 80.8 Å². The topological polar surface area (TPSA) is 9.23 Å². The van der Waals surface area contributed by atoms with Gasteiger partial charge in [0.25, 0.3) is 0 Å². The van der Waals surface area contributed by atoms with Gasteiger partial charge >= 0.3 is 0 Å². The van der Waals surface area contributed by atoms with Crippen LogP contribution in [0.2, 0.25) is 0 Å². The van der Waals surface area contributed by atoms with Crippen molar-refractivity contribution in [3.63, 3.8) is 0 Å². The Balaban J connectivity index is 1.90. The fraction of sp³-hybridized carbons (Fsp3) is 1.00. The molecule has 3 aliphatic carbocycles. The minimum Gasteiger partial charge on any atom is -0.381 e. The highest BCUT2D eigenvalue weighted by Crippen LogP contribution is 2.54. The molecule has 0 radical (unpaired) electrons. The van der Waals surface area contributed by atoms with Gasteiger partial charge in [0.1, 0.15) is 0 Å². The Bertz CT molecular complexity index is 183. The van der Waals surface area contributed by atoms with Gasteiger partial charge in [-0.1, -0.05) is 6.42 Å². The third-order valence-electron chi connectivity index (χ3n) is 4.92. The lowest BCUT2D eigenvalue weighted by Crippen LogP contribution is -2.44. The van der Waals surface area contributed by atoms with Crippen LogP contribution in [0.1, 0.15) is 38.5 Å². The first kappa shape index (κ1) is 8.28. The van der Waals surface area contributed by atoms with Gasteiger partial charge in [0.15, 0.2) is 0 Å².